The Hall–Kier alpha value is -3.34. The Labute approximate surface area is 182 Å². The third-order valence-electron chi connectivity index (χ3n) is 6.77. The summed E-state index contributed by atoms with van der Waals surface area (Å²) in [6.07, 6.45) is 10.7. The van der Waals surface area contributed by atoms with E-state index in [0.29, 0.717) is 6.04 Å². The van der Waals surface area contributed by atoms with Crippen LogP contribution in [-0.2, 0) is 6.42 Å². The van der Waals surface area contributed by atoms with Gasteiger partial charge in [-0.2, -0.15) is 5.10 Å². The van der Waals surface area contributed by atoms with Gasteiger partial charge in [-0.3, -0.25) is 0 Å². The zero-order valence-corrected chi connectivity index (χ0v) is 18.1. The first-order valence-corrected chi connectivity index (χ1v) is 11.2. The number of benzene rings is 1. The molecule has 156 valence electrons. The van der Waals surface area contributed by atoms with Crippen LogP contribution in [0.5, 0.6) is 0 Å². The lowest BCUT2D eigenvalue weighted by atomic mass is 9.88. The number of nitrogens with zero attached hydrogens (tertiary/aromatic N) is 3. The number of allylic oxidation sites excluding steroid dienone is 3. The molecule has 1 aliphatic heterocycles. The molecule has 1 atom stereocenters. The number of aryl methyl sites for hydroxylation is 1. The fourth-order valence-electron chi connectivity index (χ4n) is 5.23. The molecule has 2 aliphatic carbocycles. The van der Waals surface area contributed by atoms with E-state index in [1.165, 1.54) is 28.7 Å². The molecule has 2 N–H and O–H groups in total. The Morgan fingerprint density at radius 2 is 2.10 bits per heavy atom. The Morgan fingerprint density at radius 1 is 1.19 bits per heavy atom. The summed E-state index contributed by atoms with van der Waals surface area (Å²) in [6.45, 7) is 4.96. The molecule has 0 fully saturated rings. The van der Waals surface area contributed by atoms with Crippen molar-refractivity contribution in [2.24, 2.45) is 0 Å². The van der Waals surface area contributed by atoms with Gasteiger partial charge in [-0.05, 0) is 79.6 Å². The predicted molar refractivity (Wildman–Crippen MR) is 126 cm³/mol. The molecule has 0 spiro atoms. The summed E-state index contributed by atoms with van der Waals surface area (Å²) in [6, 6.07) is 11.5. The van der Waals surface area contributed by atoms with Gasteiger partial charge in [0.15, 0.2) is 5.65 Å². The van der Waals surface area contributed by atoms with Crippen LogP contribution in [0.3, 0.4) is 0 Å². The molecule has 31 heavy (non-hydrogen) atoms. The summed E-state index contributed by atoms with van der Waals surface area (Å²) < 4.78 is 1.98. The molecular weight excluding hydrogens is 382 g/mol. The average molecular weight is 410 g/mol. The van der Waals surface area contributed by atoms with Gasteiger partial charge in [0.05, 0.1) is 23.3 Å². The molecule has 2 aromatic heterocycles. The van der Waals surface area contributed by atoms with Crippen LogP contribution >= 0.6 is 0 Å². The number of dihydropyridines is 1. The van der Waals surface area contributed by atoms with Crippen molar-refractivity contribution < 1.29 is 0 Å². The summed E-state index contributed by atoms with van der Waals surface area (Å²) in [7, 11) is 0. The minimum Gasteiger partial charge on any atom is -0.387 e. The molecule has 3 heterocycles. The minimum atomic E-state index is 0.404. The summed E-state index contributed by atoms with van der Waals surface area (Å²) in [5, 5.41) is 12.1. The average Bonchev–Trinajstić information content (AvgIpc) is 3.34. The third-order valence-corrected chi connectivity index (χ3v) is 6.77. The lowest BCUT2D eigenvalue weighted by molar-refractivity contribution is 0.634. The standard InChI is InChI=1S/C26H27N5/c1-16-9-20(15-27-13-16)24-12-25(26-28-14-17(2)31(26)30-24)29-21-8-7-19-10-18-5-3-4-6-22(18)23(19)11-21/h3-6,9,12-14,21,27,29H,7-8,10-11,15H2,1-2H3. The first-order chi connectivity index (χ1) is 15.2. The molecule has 0 saturated heterocycles. The first kappa shape index (κ1) is 18.4. The van der Waals surface area contributed by atoms with E-state index in [-0.39, 0.29) is 0 Å². The molecule has 5 heteroatoms. The maximum absolute atomic E-state index is 4.90. The molecule has 5 nitrogen and oxygen atoms in total. The second-order valence-corrected chi connectivity index (χ2v) is 9.02. The van der Waals surface area contributed by atoms with Gasteiger partial charge in [-0.25, -0.2) is 9.50 Å². The topological polar surface area (TPSA) is 54.2 Å². The maximum atomic E-state index is 4.90. The van der Waals surface area contributed by atoms with Gasteiger partial charge < -0.3 is 10.6 Å². The van der Waals surface area contributed by atoms with Gasteiger partial charge in [-0.15, -0.1) is 0 Å². The van der Waals surface area contributed by atoms with Gasteiger partial charge in [0.1, 0.15) is 0 Å². The zero-order valence-electron chi connectivity index (χ0n) is 18.1. The number of aromatic nitrogens is 3. The van der Waals surface area contributed by atoms with E-state index in [9.17, 15) is 0 Å². The van der Waals surface area contributed by atoms with E-state index in [1.807, 2.05) is 10.7 Å². The fraction of sp³-hybridized carbons (Fsp3) is 0.308. The third kappa shape index (κ3) is 3.16. The molecule has 3 aliphatic rings. The Morgan fingerprint density at radius 3 is 3.00 bits per heavy atom. The molecule has 0 radical (unpaired) electrons. The molecule has 1 unspecified atom stereocenters. The summed E-state index contributed by atoms with van der Waals surface area (Å²) in [5.74, 6) is 0. The van der Waals surface area contributed by atoms with Crippen LogP contribution in [0.4, 0.5) is 5.69 Å². The van der Waals surface area contributed by atoms with Crippen molar-refractivity contribution in [3.8, 4) is 0 Å². The quantitative estimate of drug-likeness (QED) is 0.646. The van der Waals surface area contributed by atoms with E-state index >= 15 is 0 Å². The lowest BCUT2D eigenvalue weighted by Crippen LogP contribution is -2.24. The van der Waals surface area contributed by atoms with Crippen LogP contribution in [0.15, 0.2) is 60.0 Å². The van der Waals surface area contributed by atoms with E-state index in [0.717, 1.165) is 48.5 Å². The molecule has 0 amide bonds. The van der Waals surface area contributed by atoms with E-state index in [2.05, 4.69) is 72.1 Å². The number of nitrogens with one attached hydrogen (secondary N) is 2. The number of hydrogen-bond acceptors (Lipinski definition) is 4. The van der Waals surface area contributed by atoms with Crippen LogP contribution in [0.25, 0.3) is 16.8 Å². The smallest absolute Gasteiger partial charge is 0.177 e. The van der Waals surface area contributed by atoms with Crippen molar-refractivity contribution in [2.45, 2.75) is 45.6 Å². The minimum absolute atomic E-state index is 0.404. The normalized spacial score (nSPS) is 20.1. The van der Waals surface area contributed by atoms with Crippen molar-refractivity contribution in [1.82, 2.24) is 19.9 Å². The highest BCUT2D eigenvalue weighted by molar-refractivity contribution is 5.79. The van der Waals surface area contributed by atoms with Gasteiger partial charge >= 0.3 is 0 Å². The van der Waals surface area contributed by atoms with E-state index in [1.54, 1.807) is 11.1 Å². The van der Waals surface area contributed by atoms with Crippen molar-refractivity contribution in [1.29, 1.82) is 0 Å². The molecule has 0 bridgehead atoms. The second kappa shape index (κ2) is 7.12. The monoisotopic (exact) mass is 409 g/mol. The van der Waals surface area contributed by atoms with Gasteiger partial charge in [0, 0.05) is 12.6 Å². The van der Waals surface area contributed by atoms with Gasteiger partial charge in [-0.1, -0.05) is 35.9 Å². The van der Waals surface area contributed by atoms with Gasteiger partial charge in [0.25, 0.3) is 0 Å². The van der Waals surface area contributed by atoms with Gasteiger partial charge in [0.2, 0.25) is 0 Å². The zero-order chi connectivity index (χ0) is 20.9. The van der Waals surface area contributed by atoms with Crippen LogP contribution in [0.2, 0.25) is 0 Å². The Bertz CT molecular complexity index is 1290. The predicted octanol–water partition coefficient (Wildman–Crippen LogP) is 4.90. The molecule has 3 aromatic rings. The van der Waals surface area contributed by atoms with Crippen molar-refractivity contribution >= 4 is 22.5 Å². The highest BCUT2D eigenvalue weighted by Gasteiger charge is 2.28. The number of anilines is 1. The molecule has 0 saturated carbocycles. The number of fused-ring (bicyclic) bond motifs is 3. The van der Waals surface area contributed by atoms with E-state index < -0.39 is 0 Å². The lowest BCUT2D eigenvalue weighted by Gasteiger charge is -2.27. The van der Waals surface area contributed by atoms with E-state index in [4.69, 9.17) is 5.10 Å². The number of imidazole rings is 1. The van der Waals surface area contributed by atoms with Crippen LogP contribution < -0.4 is 10.6 Å². The van der Waals surface area contributed by atoms with Crippen LogP contribution in [0.1, 0.15) is 48.7 Å². The molecule has 1 aromatic carbocycles. The second-order valence-electron chi connectivity index (χ2n) is 9.02. The van der Waals surface area contributed by atoms with Crippen molar-refractivity contribution in [3.63, 3.8) is 0 Å². The summed E-state index contributed by atoms with van der Waals surface area (Å²) in [4.78, 5) is 4.67. The van der Waals surface area contributed by atoms with Crippen molar-refractivity contribution in [3.05, 3.63) is 82.5 Å². The maximum Gasteiger partial charge on any atom is 0.177 e. The Kier molecular flexibility index (Phi) is 4.23. The fourth-order valence-corrected chi connectivity index (χ4v) is 5.23. The SMILES string of the molecule is CC1=CNCC(c2cc(NC3CCC4=C(C3)c3ccccc3C4)c3ncc(C)n3n2)=C1. The van der Waals surface area contributed by atoms with Crippen molar-refractivity contribution in [2.75, 3.05) is 11.9 Å². The molecule has 6 rings (SSSR count). The highest BCUT2D eigenvalue weighted by atomic mass is 15.3. The number of rotatable bonds is 3. The Balaban J connectivity index is 1.34. The first-order valence-electron chi connectivity index (χ1n) is 11.2. The number of hydrogen-bond donors (Lipinski definition) is 2. The van der Waals surface area contributed by atoms with Crippen LogP contribution in [-0.4, -0.2) is 27.2 Å². The molecular formula is C26H27N5. The summed E-state index contributed by atoms with van der Waals surface area (Å²) in [5.41, 5.74) is 12.6. The summed E-state index contributed by atoms with van der Waals surface area (Å²) >= 11 is 0. The van der Waals surface area contributed by atoms with Crippen LogP contribution in [0, 0.1) is 6.92 Å². The highest BCUT2D eigenvalue weighted by Crippen LogP contribution is 2.42. The largest absolute Gasteiger partial charge is 0.387 e.